The van der Waals surface area contributed by atoms with Crippen LogP contribution in [0, 0.1) is 0 Å². The predicted molar refractivity (Wildman–Crippen MR) is 51.6 cm³/mol. The molecule has 0 aliphatic heterocycles. The highest BCUT2D eigenvalue weighted by Crippen LogP contribution is 2.25. The van der Waals surface area contributed by atoms with Gasteiger partial charge >= 0.3 is 7.82 Å². The van der Waals surface area contributed by atoms with Crippen molar-refractivity contribution in [2.75, 3.05) is 6.61 Å². The van der Waals surface area contributed by atoms with Gasteiger partial charge in [0.2, 0.25) is 0 Å². The molecule has 9 heteroatoms. The molecule has 0 saturated carbocycles. The standard InChI is InChI=1S/C6H11N3O.H3O4P/c7-5(3-10)1-6-2-8-4-9-6;1-5(2,3)4/h2,4-5,10H,1,3,7H2,(H,8,9);(H3,1,2,3,4). The molecular weight excluding hydrogens is 225 g/mol. The van der Waals surface area contributed by atoms with E-state index in [1.165, 1.54) is 0 Å². The zero-order valence-corrected chi connectivity index (χ0v) is 8.71. The lowest BCUT2D eigenvalue weighted by Crippen LogP contribution is -2.26. The Kier molecular flexibility index (Phi) is 6.34. The molecule has 15 heavy (non-hydrogen) atoms. The third-order valence-electron chi connectivity index (χ3n) is 1.27. The summed E-state index contributed by atoms with van der Waals surface area (Å²) >= 11 is 0. The number of hydrogen-bond acceptors (Lipinski definition) is 4. The van der Waals surface area contributed by atoms with E-state index in [0.717, 1.165) is 5.69 Å². The minimum Gasteiger partial charge on any atom is -0.395 e. The molecule has 0 saturated heterocycles. The molecule has 1 atom stereocenters. The minimum atomic E-state index is -4.64. The fourth-order valence-electron chi connectivity index (χ4n) is 0.743. The van der Waals surface area contributed by atoms with E-state index in [-0.39, 0.29) is 12.6 Å². The van der Waals surface area contributed by atoms with Crippen molar-refractivity contribution in [2.45, 2.75) is 12.5 Å². The van der Waals surface area contributed by atoms with Crippen molar-refractivity contribution in [1.29, 1.82) is 0 Å². The highest BCUT2D eigenvalue weighted by molar-refractivity contribution is 7.45. The lowest BCUT2D eigenvalue weighted by atomic mass is 10.2. The quantitative estimate of drug-likeness (QED) is 0.345. The maximum Gasteiger partial charge on any atom is 0.466 e. The molecule has 1 heterocycles. The number of phosphoric acid groups is 1. The molecule has 1 rings (SSSR count). The van der Waals surface area contributed by atoms with Crippen LogP contribution in [-0.2, 0) is 11.0 Å². The third kappa shape index (κ3) is 11.2. The normalized spacial score (nSPS) is 12.9. The van der Waals surface area contributed by atoms with Gasteiger partial charge < -0.3 is 30.5 Å². The van der Waals surface area contributed by atoms with Crippen molar-refractivity contribution in [2.24, 2.45) is 5.73 Å². The molecule has 0 aromatic carbocycles. The van der Waals surface area contributed by atoms with E-state index >= 15 is 0 Å². The number of aliphatic hydroxyl groups is 1. The molecule has 0 radical (unpaired) electrons. The van der Waals surface area contributed by atoms with Gasteiger partial charge in [-0.1, -0.05) is 0 Å². The van der Waals surface area contributed by atoms with Crippen LogP contribution < -0.4 is 5.73 Å². The zero-order chi connectivity index (χ0) is 11.9. The Morgan fingerprint density at radius 3 is 2.40 bits per heavy atom. The second kappa shape index (κ2) is 6.67. The Balaban J connectivity index is 0.000000336. The van der Waals surface area contributed by atoms with Gasteiger partial charge in [-0.3, -0.25) is 0 Å². The third-order valence-corrected chi connectivity index (χ3v) is 1.27. The van der Waals surface area contributed by atoms with Crippen LogP contribution in [0.25, 0.3) is 0 Å². The van der Waals surface area contributed by atoms with Gasteiger partial charge in [0.15, 0.2) is 0 Å². The van der Waals surface area contributed by atoms with Gasteiger partial charge in [-0.2, -0.15) is 0 Å². The van der Waals surface area contributed by atoms with E-state index in [0.29, 0.717) is 6.42 Å². The molecule has 0 aliphatic rings. The van der Waals surface area contributed by atoms with Crippen LogP contribution in [0.1, 0.15) is 5.69 Å². The Hall–Kier alpha value is -0.760. The zero-order valence-electron chi connectivity index (χ0n) is 7.82. The highest BCUT2D eigenvalue weighted by Gasteiger charge is 2.01. The molecule has 88 valence electrons. The summed E-state index contributed by atoms with van der Waals surface area (Å²) in [5, 5.41) is 8.57. The summed E-state index contributed by atoms with van der Waals surface area (Å²) in [5.74, 6) is 0. The van der Waals surface area contributed by atoms with E-state index in [9.17, 15) is 0 Å². The van der Waals surface area contributed by atoms with Crippen LogP contribution in [0.2, 0.25) is 0 Å². The lowest BCUT2D eigenvalue weighted by Gasteiger charge is -2.03. The number of rotatable bonds is 3. The van der Waals surface area contributed by atoms with Crippen molar-refractivity contribution >= 4 is 7.82 Å². The van der Waals surface area contributed by atoms with Crippen LogP contribution in [-0.4, -0.2) is 42.4 Å². The monoisotopic (exact) mass is 239 g/mol. The fraction of sp³-hybridized carbons (Fsp3) is 0.500. The number of imidazole rings is 1. The molecule has 0 bridgehead atoms. The van der Waals surface area contributed by atoms with Crippen LogP contribution >= 0.6 is 7.82 Å². The van der Waals surface area contributed by atoms with Crippen LogP contribution in [0.15, 0.2) is 12.5 Å². The lowest BCUT2D eigenvalue weighted by molar-refractivity contribution is 0.264. The van der Waals surface area contributed by atoms with Gasteiger partial charge in [-0.25, -0.2) is 9.55 Å². The molecule has 0 aliphatic carbocycles. The first-order valence-electron chi connectivity index (χ1n) is 3.95. The number of hydrogen-bond donors (Lipinski definition) is 6. The molecule has 0 amide bonds. The van der Waals surface area contributed by atoms with Gasteiger partial charge in [-0.15, -0.1) is 0 Å². The van der Waals surface area contributed by atoms with E-state index in [1.807, 2.05) is 0 Å². The smallest absolute Gasteiger partial charge is 0.395 e. The van der Waals surface area contributed by atoms with Crippen molar-refractivity contribution in [1.82, 2.24) is 9.97 Å². The Labute approximate surface area is 86.0 Å². The summed E-state index contributed by atoms with van der Waals surface area (Å²) in [6.45, 7) is 0.0129. The number of nitrogens with one attached hydrogen (secondary N) is 1. The topological polar surface area (TPSA) is 153 Å². The SMILES string of the molecule is NC(CO)Cc1cnc[nH]1.O=P(O)(O)O. The number of nitrogens with zero attached hydrogens (tertiary/aromatic N) is 1. The molecule has 8 nitrogen and oxygen atoms in total. The first-order valence-corrected chi connectivity index (χ1v) is 5.51. The van der Waals surface area contributed by atoms with Crippen LogP contribution in [0.3, 0.4) is 0 Å². The molecule has 0 spiro atoms. The average molecular weight is 239 g/mol. The highest BCUT2D eigenvalue weighted by atomic mass is 31.2. The number of H-pyrrole nitrogens is 1. The summed E-state index contributed by atoms with van der Waals surface area (Å²) in [7, 11) is -4.64. The van der Waals surface area contributed by atoms with Crippen LogP contribution in [0.5, 0.6) is 0 Å². The maximum absolute atomic E-state index is 8.88. The van der Waals surface area contributed by atoms with Crippen molar-refractivity contribution in [3.63, 3.8) is 0 Å². The number of nitrogens with two attached hydrogens (primary N) is 1. The maximum atomic E-state index is 8.88. The van der Waals surface area contributed by atoms with E-state index in [4.69, 9.17) is 30.1 Å². The van der Waals surface area contributed by atoms with Crippen molar-refractivity contribution < 1.29 is 24.4 Å². The van der Waals surface area contributed by atoms with E-state index in [1.54, 1.807) is 12.5 Å². The summed E-state index contributed by atoms with van der Waals surface area (Å²) in [4.78, 5) is 28.3. The largest absolute Gasteiger partial charge is 0.466 e. The van der Waals surface area contributed by atoms with Crippen molar-refractivity contribution in [3.8, 4) is 0 Å². The summed E-state index contributed by atoms with van der Waals surface area (Å²) < 4.78 is 8.88. The molecule has 1 aromatic heterocycles. The molecule has 1 aromatic rings. The first-order chi connectivity index (χ1) is 6.83. The summed E-state index contributed by atoms with van der Waals surface area (Å²) in [5.41, 5.74) is 6.43. The van der Waals surface area contributed by atoms with E-state index < -0.39 is 7.82 Å². The number of aromatic amines is 1. The van der Waals surface area contributed by atoms with Crippen LogP contribution in [0.4, 0.5) is 0 Å². The average Bonchev–Trinajstić information content (AvgIpc) is 2.53. The molecule has 7 N–H and O–H groups in total. The Bertz CT molecular complexity index is 289. The molecule has 1 unspecified atom stereocenters. The fourth-order valence-corrected chi connectivity index (χ4v) is 0.743. The first kappa shape index (κ1) is 14.2. The number of aromatic nitrogens is 2. The van der Waals surface area contributed by atoms with Gasteiger partial charge in [0.25, 0.3) is 0 Å². The molecular formula is C6H14N3O5P. The molecule has 0 fully saturated rings. The number of aliphatic hydroxyl groups excluding tert-OH is 1. The van der Waals surface area contributed by atoms with Crippen molar-refractivity contribution in [3.05, 3.63) is 18.2 Å². The predicted octanol–water partition coefficient (Wildman–Crippen LogP) is -1.66. The van der Waals surface area contributed by atoms with E-state index in [2.05, 4.69) is 9.97 Å². The second-order valence-electron chi connectivity index (χ2n) is 2.74. The van der Waals surface area contributed by atoms with Gasteiger partial charge in [-0.05, 0) is 0 Å². The van der Waals surface area contributed by atoms with Gasteiger partial charge in [0, 0.05) is 24.4 Å². The van der Waals surface area contributed by atoms with Gasteiger partial charge in [0.1, 0.15) is 0 Å². The summed E-state index contributed by atoms with van der Waals surface area (Å²) in [6, 6.07) is -0.180. The summed E-state index contributed by atoms with van der Waals surface area (Å²) in [6.07, 6.45) is 3.95. The Morgan fingerprint density at radius 2 is 2.07 bits per heavy atom. The minimum absolute atomic E-state index is 0.0129. The second-order valence-corrected chi connectivity index (χ2v) is 3.76. The van der Waals surface area contributed by atoms with Gasteiger partial charge in [0.05, 0.1) is 12.9 Å². The Morgan fingerprint density at radius 1 is 1.53 bits per heavy atom.